The van der Waals surface area contributed by atoms with Crippen LogP contribution in [0.15, 0.2) is 48.6 Å². The maximum atomic E-state index is 12.9. The summed E-state index contributed by atoms with van der Waals surface area (Å²) in [6.45, 7) is 6.62. The number of esters is 3. The summed E-state index contributed by atoms with van der Waals surface area (Å²) in [6, 6.07) is 0. The van der Waals surface area contributed by atoms with Crippen molar-refractivity contribution in [2.45, 2.75) is 335 Å². The normalized spacial score (nSPS) is 12.3. The zero-order valence-corrected chi connectivity index (χ0v) is 47.5. The highest BCUT2D eigenvalue weighted by Gasteiger charge is 2.19. The smallest absolute Gasteiger partial charge is 0.306 e. The minimum absolute atomic E-state index is 0.0794. The van der Waals surface area contributed by atoms with Gasteiger partial charge < -0.3 is 14.2 Å². The van der Waals surface area contributed by atoms with E-state index in [4.69, 9.17) is 14.2 Å². The average molecular weight is 996 g/mol. The minimum Gasteiger partial charge on any atom is -0.462 e. The van der Waals surface area contributed by atoms with Gasteiger partial charge in [0, 0.05) is 19.3 Å². The first kappa shape index (κ1) is 68.4. The third-order valence-corrected chi connectivity index (χ3v) is 13.8. The Morgan fingerprint density at radius 2 is 0.507 bits per heavy atom. The Morgan fingerprint density at radius 1 is 0.282 bits per heavy atom. The summed E-state index contributed by atoms with van der Waals surface area (Å²) in [5.41, 5.74) is 0. The van der Waals surface area contributed by atoms with Crippen LogP contribution in [0.1, 0.15) is 329 Å². The first-order valence-electron chi connectivity index (χ1n) is 31.1. The highest BCUT2D eigenvalue weighted by molar-refractivity contribution is 5.71. The maximum Gasteiger partial charge on any atom is 0.306 e. The van der Waals surface area contributed by atoms with Gasteiger partial charge in [0.15, 0.2) is 6.10 Å². The molecule has 0 radical (unpaired) electrons. The highest BCUT2D eigenvalue weighted by atomic mass is 16.6. The number of allylic oxidation sites excluding steroid dienone is 8. The average Bonchev–Trinajstić information content (AvgIpc) is 3.37. The number of unbranched alkanes of at least 4 members (excludes halogenated alkanes) is 38. The van der Waals surface area contributed by atoms with Crippen LogP contribution in [0, 0.1) is 0 Å². The summed E-state index contributed by atoms with van der Waals surface area (Å²) in [4.78, 5) is 38.2. The summed E-state index contributed by atoms with van der Waals surface area (Å²) in [7, 11) is 0. The van der Waals surface area contributed by atoms with Crippen molar-refractivity contribution in [2.24, 2.45) is 0 Å². The Morgan fingerprint density at radius 3 is 0.831 bits per heavy atom. The van der Waals surface area contributed by atoms with Gasteiger partial charge >= 0.3 is 17.9 Å². The molecular weight excluding hydrogens is 877 g/mol. The van der Waals surface area contributed by atoms with Crippen LogP contribution in [0.4, 0.5) is 0 Å². The predicted molar refractivity (Wildman–Crippen MR) is 307 cm³/mol. The van der Waals surface area contributed by atoms with Crippen molar-refractivity contribution in [3.05, 3.63) is 48.6 Å². The molecule has 0 saturated heterocycles. The lowest BCUT2D eigenvalue weighted by Gasteiger charge is -2.18. The van der Waals surface area contributed by atoms with Crippen molar-refractivity contribution in [1.82, 2.24) is 0 Å². The van der Waals surface area contributed by atoms with E-state index >= 15 is 0 Å². The van der Waals surface area contributed by atoms with Gasteiger partial charge in [-0.2, -0.15) is 0 Å². The minimum atomic E-state index is -0.783. The fourth-order valence-corrected chi connectivity index (χ4v) is 9.05. The van der Waals surface area contributed by atoms with Crippen LogP contribution in [0.2, 0.25) is 0 Å². The Labute approximate surface area is 441 Å². The van der Waals surface area contributed by atoms with Gasteiger partial charge in [-0.3, -0.25) is 14.4 Å². The molecule has 0 aromatic rings. The molecule has 0 aromatic heterocycles. The highest BCUT2D eigenvalue weighted by Crippen LogP contribution is 2.16. The molecule has 0 spiro atoms. The number of carbonyl (C=O) groups excluding carboxylic acids is 3. The van der Waals surface area contributed by atoms with E-state index in [0.717, 1.165) is 89.9 Å². The fraction of sp³-hybridized carbons (Fsp3) is 0.831. The number of rotatable bonds is 57. The molecule has 0 saturated carbocycles. The Hall–Kier alpha value is -2.63. The SMILES string of the molecule is CCCCC/C=C\C/C=C\CCCCCCCC(=O)OC(COC(=O)CCCCCCC/C=C\CCCCCC)COC(=O)CCCCCCCCCCCCCCC/C=C\CCCCCCCCCC. The van der Waals surface area contributed by atoms with Gasteiger partial charge in [-0.15, -0.1) is 0 Å². The molecule has 0 aliphatic carbocycles. The first-order chi connectivity index (χ1) is 35.0. The van der Waals surface area contributed by atoms with Crippen molar-refractivity contribution in [3.63, 3.8) is 0 Å². The molecule has 414 valence electrons. The van der Waals surface area contributed by atoms with Crippen LogP contribution < -0.4 is 0 Å². The molecule has 6 heteroatoms. The van der Waals surface area contributed by atoms with Crippen LogP contribution in [0.25, 0.3) is 0 Å². The summed E-state index contributed by atoms with van der Waals surface area (Å²) >= 11 is 0. The van der Waals surface area contributed by atoms with Gasteiger partial charge in [0.05, 0.1) is 0 Å². The lowest BCUT2D eigenvalue weighted by atomic mass is 10.0. The monoisotopic (exact) mass is 995 g/mol. The Kier molecular flexibility index (Phi) is 57.7. The van der Waals surface area contributed by atoms with Gasteiger partial charge in [-0.25, -0.2) is 0 Å². The van der Waals surface area contributed by atoms with E-state index in [1.54, 1.807) is 0 Å². The van der Waals surface area contributed by atoms with Gasteiger partial charge in [0.2, 0.25) is 0 Å². The van der Waals surface area contributed by atoms with Gasteiger partial charge in [-0.1, -0.05) is 256 Å². The van der Waals surface area contributed by atoms with Crippen LogP contribution in [-0.2, 0) is 28.6 Å². The van der Waals surface area contributed by atoms with Crippen molar-refractivity contribution in [1.29, 1.82) is 0 Å². The molecule has 0 N–H and O–H groups in total. The van der Waals surface area contributed by atoms with Gasteiger partial charge in [-0.05, 0) is 103 Å². The molecule has 0 aromatic carbocycles. The van der Waals surface area contributed by atoms with Crippen LogP contribution in [0.5, 0.6) is 0 Å². The van der Waals surface area contributed by atoms with E-state index in [0.29, 0.717) is 19.3 Å². The molecular formula is C65H118O6. The third-order valence-electron chi connectivity index (χ3n) is 13.8. The predicted octanol–water partition coefficient (Wildman–Crippen LogP) is 21.0. The summed E-state index contributed by atoms with van der Waals surface area (Å²) in [5, 5.41) is 0. The molecule has 6 nitrogen and oxygen atoms in total. The van der Waals surface area contributed by atoms with Crippen LogP contribution in [-0.4, -0.2) is 37.2 Å². The van der Waals surface area contributed by atoms with Gasteiger partial charge in [0.25, 0.3) is 0 Å². The molecule has 0 rings (SSSR count). The standard InChI is InChI=1S/C65H118O6/c1-4-7-10-13-16-19-22-25-27-28-29-30-31-32-33-34-35-36-38-40-43-46-49-52-55-58-64(67)70-61-62(60-69-63(66)57-54-51-48-45-42-39-24-21-18-15-12-9-6-3)71-65(68)59-56-53-50-47-44-41-37-26-23-20-17-14-11-8-5-2/h17,20-21,24,26,28-29,37,62H,4-16,18-19,22-23,25,27,30-36,38-61H2,1-3H3/b20-17-,24-21-,29-28-,37-26-. The number of carbonyl (C=O) groups is 3. The summed E-state index contributed by atoms with van der Waals surface area (Å²) in [6.07, 6.45) is 74.0. The quantitative estimate of drug-likeness (QED) is 0.0261. The van der Waals surface area contributed by atoms with Gasteiger partial charge in [0.1, 0.15) is 13.2 Å². The van der Waals surface area contributed by atoms with Crippen molar-refractivity contribution < 1.29 is 28.6 Å². The molecule has 0 heterocycles. The molecule has 1 unspecified atom stereocenters. The lowest BCUT2D eigenvalue weighted by molar-refractivity contribution is -0.167. The maximum absolute atomic E-state index is 12.9. The number of hydrogen-bond donors (Lipinski definition) is 0. The molecule has 0 aliphatic rings. The van der Waals surface area contributed by atoms with Crippen LogP contribution in [0.3, 0.4) is 0 Å². The largest absolute Gasteiger partial charge is 0.462 e. The molecule has 71 heavy (non-hydrogen) atoms. The second kappa shape index (κ2) is 59.9. The van der Waals surface area contributed by atoms with Crippen LogP contribution >= 0.6 is 0 Å². The second-order valence-corrected chi connectivity index (χ2v) is 21.0. The molecule has 0 amide bonds. The lowest BCUT2D eigenvalue weighted by Crippen LogP contribution is -2.30. The zero-order valence-electron chi connectivity index (χ0n) is 47.5. The van der Waals surface area contributed by atoms with Crippen molar-refractivity contribution in [2.75, 3.05) is 13.2 Å². The third kappa shape index (κ3) is 58.1. The number of ether oxygens (including phenoxy) is 3. The fourth-order valence-electron chi connectivity index (χ4n) is 9.05. The number of hydrogen-bond acceptors (Lipinski definition) is 6. The van der Waals surface area contributed by atoms with E-state index in [9.17, 15) is 14.4 Å². The molecule has 1 atom stereocenters. The topological polar surface area (TPSA) is 78.9 Å². The molecule has 0 bridgehead atoms. The van der Waals surface area contributed by atoms with Crippen molar-refractivity contribution >= 4 is 17.9 Å². The van der Waals surface area contributed by atoms with E-state index in [2.05, 4.69) is 69.4 Å². The summed E-state index contributed by atoms with van der Waals surface area (Å²) in [5.74, 6) is -0.887. The molecule has 0 aliphatic heterocycles. The Bertz CT molecular complexity index is 1230. The van der Waals surface area contributed by atoms with E-state index < -0.39 is 6.10 Å². The van der Waals surface area contributed by atoms with Crippen molar-refractivity contribution in [3.8, 4) is 0 Å². The van der Waals surface area contributed by atoms with E-state index in [-0.39, 0.29) is 31.1 Å². The Balaban J connectivity index is 4.26. The summed E-state index contributed by atoms with van der Waals surface area (Å²) < 4.78 is 16.9. The van der Waals surface area contributed by atoms with E-state index in [1.165, 1.54) is 199 Å². The molecule has 0 fully saturated rings. The zero-order chi connectivity index (χ0) is 51.4. The first-order valence-corrected chi connectivity index (χ1v) is 31.1. The second-order valence-electron chi connectivity index (χ2n) is 21.0. The van der Waals surface area contributed by atoms with E-state index in [1.807, 2.05) is 0 Å².